The number of benzene rings is 3. The molecule has 0 aliphatic heterocycles. The Balaban J connectivity index is 0.958. The van der Waals surface area contributed by atoms with E-state index in [1.54, 1.807) is 12.1 Å². The molecule has 5 rings (SSSR count). The highest BCUT2D eigenvalue weighted by Gasteiger charge is 2.30. The first-order valence-electron chi connectivity index (χ1n) is 20.2. The Bertz CT molecular complexity index is 2040. The minimum absolute atomic E-state index is 0.0369. The minimum atomic E-state index is -1.07. The highest BCUT2D eigenvalue weighted by molar-refractivity contribution is 5.84. The molecular weight excluding hydrogens is 771 g/mol. The number of hydrazine groups is 1. The number of fused-ring (bicyclic) bond motifs is 4. The molecule has 1 aliphatic rings. The van der Waals surface area contributed by atoms with Crippen molar-refractivity contribution in [2.24, 2.45) is 0 Å². The number of aromatic nitrogens is 1. The van der Waals surface area contributed by atoms with Crippen LogP contribution in [-0.4, -0.2) is 141 Å². The molecule has 0 bridgehead atoms. The molecule has 0 fully saturated rings. The lowest BCUT2D eigenvalue weighted by molar-refractivity contribution is -0.148. The van der Waals surface area contributed by atoms with Crippen molar-refractivity contribution in [3.05, 3.63) is 95.7 Å². The van der Waals surface area contributed by atoms with Gasteiger partial charge in [0.1, 0.15) is 12.6 Å². The van der Waals surface area contributed by atoms with Crippen LogP contribution in [0.5, 0.6) is 0 Å². The van der Waals surface area contributed by atoms with Gasteiger partial charge in [-0.05, 0) is 46.7 Å². The third-order valence-electron chi connectivity index (χ3n) is 10.6. The Morgan fingerprint density at radius 1 is 0.767 bits per heavy atom. The molecule has 1 aromatic heterocycles. The number of carboxylic acid groups (broad SMARTS) is 1. The van der Waals surface area contributed by atoms with E-state index in [-0.39, 0.29) is 76.1 Å². The predicted molar refractivity (Wildman–Crippen MR) is 226 cm³/mol. The molecule has 4 amide bonds. The van der Waals surface area contributed by atoms with Crippen LogP contribution in [-0.2, 0) is 46.5 Å². The number of hydrogen-bond acceptors (Lipinski definition) is 10. The standard InChI is InChI=1S/C44H57N7O9/c1-31(43(55)56)49(3)42(54)18-23-58-25-26-59-24-21-47-41(53)28-45-19-20-46-40(52)17-22-51-33(27-32-11-5-10-16-39(32)51)29-48(2)50(4)44(57)60-30-38-36-14-8-6-12-34(36)35-13-7-9-15-37(35)38/h5-16,27,31,38,45H,17-26,28-30H2,1-4H3,(H,46,52)(H,47,53)(H,55,56). The fraction of sp³-hybridized carbons (Fsp3) is 0.432. The molecule has 322 valence electrons. The molecule has 1 atom stereocenters. The van der Waals surface area contributed by atoms with E-state index in [9.17, 15) is 24.0 Å². The van der Waals surface area contributed by atoms with Gasteiger partial charge in [0.2, 0.25) is 17.7 Å². The highest BCUT2D eigenvalue weighted by Crippen LogP contribution is 2.44. The number of hydrogen-bond donors (Lipinski definition) is 4. The number of ether oxygens (including phenoxy) is 3. The van der Waals surface area contributed by atoms with Crippen molar-refractivity contribution in [2.75, 3.05) is 80.4 Å². The maximum atomic E-state index is 13.3. The maximum absolute atomic E-state index is 13.3. The minimum Gasteiger partial charge on any atom is -0.480 e. The van der Waals surface area contributed by atoms with Crippen LogP contribution in [0.3, 0.4) is 0 Å². The summed E-state index contributed by atoms with van der Waals surface area (Å²) in [6.45, 7) is 4.64. The largest absolute Gasteiger partial charge is 0.480 e. The third kappa shape index (κ3) is 12.4. The smallest absolute Gasteiger partial charge is 0.424 e. The number of carbonyl (C=O) groups excluding carboxylic acids is 4. The second-order valence-corrected chi connectivity index (χ2v) is 14.6. The van der Waals surface area contributed by atoms with E-state index in [2.05, 4.69) is 50.8 Å². The number of aryl methyl sites for hydroxylation is 1. The molecule has 16 nitrogen and oxygen atoms in total. The number of aliphatic carboxylic acids is 1. The lowest BCUT2D eigenvalue weighted by atomic mass is 9.98. The topological polar surface area (TPSA) is 184 Å². The Kier molecular flexibility index (Phi) is 17.0. The summed E-state index contributed by atoms with van der Waals surface area (Å²) < 4.78 is 18.8. The number of para-hydroxylation sites is 1. The monoisotopic (exact) mass is 827 g/mol. The van der Waals surface area contributed by atoms with E-state index in [1.165, 1.54) is 35.0 Å². The van der Waals surface area contributed by atoms with Gasteiger partial charge in [0, 0.05) is 70.9 Å². The summed E-state index contributed by atoms with van der Waals surface area (Å²) in [5.74, 6) is -1.76. The molecule has 1 heterocycles. The normalized spacial score (nSPS) is 12.5. The molecule has 0 saturated heterocycles. The van der Waals surface area contributed by atoms with Gasteiger partial charge in [-0.25, -0.2) is 19.6 Å². The van der Waals surface area contributed by atoms with Gasteiger partial charge in [-0.2, -0.15) is 0 Å². The first-order valence-corrected chi connectivity index (χ1v) is 20.2. The van der Waals surface area contributed by atoms with Crippen LogP contribution in [0.1, 0.15) is 42.5 Å². The Morgan fingerprint density at radius 2 is 1.40 bits per heavy atom. The number of carboxylic acids is 1. The molecule has 4 N–H and O–H groups in total. The molecule has 1 unspecified atom stereocenters. The fourth-order valence-electron chi connectivity index (χ4n) is 6.99. The summed E-state index contributed by atoms with van der Waals surface area (Å²) >= 11 is 0. The molecule has 60 heavy (non-hydrogen) atoms. The van der Waals surface area contributed by atoms with Crippen molar-refractivity contribution in [1.82, 2.24) is 35.4 Å². The highest BCUT2D eigenvalue weighted by atomic mass is 16.6. The van der Waals surface area contributed by atoms with E-state index < -0.39 is 18.1 Å². The molecular formula is C44H57N7O9. The van der Waals surface area contributed by atoms with Crippen LogP contribution >= 0.6 is 0 Å². The van der Waals surface area contributed by atoms with Crippen LogP contribution < -0.4 is 16.0 Å². The number of rotatable bonds is 24. The van der Waals surface area contributed by atoms with Crippen molar-refractivity contribution < 1.29 is 43.3 Å². The zero-order valence-electron chi connectivity index (χ0n) is 34.9. The average molecular weight is 828 g/mol. The zero-order chi connectivity index (χ0) is 43.0. The van der Waals surface area contributed by atoms with Gasteiger partial charge in [0.25, 0.3) is 0 Å². The predicted octanol–water partition coefficient (Wildman–Crippen LogP) is 3.44. The summed E-state index contributed by atoms with van der Waals surface area (Å²) in [6, 6.07) is 25.6. The van der Waals surface area contributed by atoms with Crippen molar-refractivity contribution in [1.29, 1.82) is 0 Å². The van der Waals surface area contributed by atoms with E-state index >= 15 is 0 Å². The first kappa shape index (κ1) is 45.3. The molecule has 3 aromatic carbocycles. The Labute approximate surface area is 350 Å². The molecule has 0 radical (unpaired) electrons. The van der Waals surface area contributed by atoms with Crippen molar-refractivity contribution in [2.45, 2.75) is 44.8 Å². The number of likely N-dealkylation sites (N-methyl/N-ethyl adjacent to an activating group) is 1. The van der Waals surface area contributed by atoms with Gasteiger partial charge in [-0.15, -0.1) is 0 Å². The van der Waals surface area contributed by atoms with E-state index in [0.717, 1.165) is 27.7 Å². The van der Waals surface area contributed by atoms with Crippen molar-refractivity contribution >= 4 is 40.7 Å². The number of amides is 4. The van der Waals surface area contributed by atoms with Gasteiger partial charge < -0.3 is 44.7 Å². The fourth-order valence-corrected chi connectivity index (χ4v) is 6.99. The summed E-state index contributed by atoms with van der Waals surface area (Å²) in [6.07, 6.45) is -0.145. The summed E-state index contributed by atoms with van der Waals surface area (Å²) in [4.78, 5) is 62.5. The Hall–Kier alpha value is -5.81. The van der Waals surface area contributed by atoms with E-state index in [0.29, 0.717) is 32.7 Å². The number of carbonyl (C=O) groups is 5. The maximum Gasteiger partial charge on any atom is 0.424 e. The SMILES string of the molecule is CC(C(=O)O)N(C)C(=O)CCOCCOCCNC(=O)CNCCNC(=O)CCn1c(CN(C)N(C)C(=O)OCC2c3ccccc3-c3ccccc32)cc2ccccc21. The second kappa shape index (κ2) is 22.5. The zero-order valence-corrected chi connectivity index (χ0v) is 34.9. The molecule has 0 spiro atoms. The summed E-state index contributed by atoms with van der Waals surface area (Å²) in [7, 11) is 4.96. The summed E-state index contributed by atoms with van der Waals surface area (Å²) in [5, 5.41) is 22.0. The van der Waals surface area contributed by atoms with Gasteiger partial charge in [-0.3, -0.25) is 14.4 Å². The first-order chi connectivity index (χ1) is 29.0. The van der Waals surface area contributed by atoms with Crippen LogP contribution in [0.25, 0.3) is 22.0 Å². The molecule has 1 aliphatic carbocycles. The van der Waals surface area contributed by atoms with Crippen molar-refractivity contribution in [3.8, 4) is 11.1 Å². The number of nitrogens with zero attached hydrogens (tertiary/aromatic N) is 4. The molecule has 4 aromatic rings. The Morgan fingerprint density at radius 3 is 2.10 bits per heavy atom. The van der Waals surface area contributed by atoms with E-state index in [4.69, 9.17) is 19.3 Å². The summed E-state index contributed by atoms with van der Waals surface area (Å²) in [5.41, 5.74) is 6.58. The van der Waals surface area contributed by atoms with Crippen molar-refractivity contribution in [3.63, 3.8) is 0 Å². The lowest BCUT2D eigenvalue weighted by Gasteiger charge is -2.28. The molecule has 16 heteroatoms. The van der Waals surface area contributed by atoms with Gasteiger partial charge in [0.15, 0.2) is 0 Å². The second-order valence-electron chi connectivity index (χ2n) is 14.6. The van der Waals surface area contributed by atoms with Crippen LogP contribution in [0, 0.1) is 0 Å². The molecule has 0 saturated carbocycles. The van der Waals surface area contributed by atoms with Crippen LogP contribution in [0.15, 0.2) is 78.9 Å². The third-order valence-corrected chi connectivity index (χ3v) is 10.6. The lowest BCUT2D eigenvalue weighted by Crippen LogP contribution is -2.41. The van der Waals surface area contributed by atoms with Gasteiger partial charge in [0.05, 0.1) is 45.9 Å². The van der Waals surface area contributed by atoms with Crippen LogP contribution in [0.2, 0.25) is 0 Å². The van der Waals surface area contributed by atoms with Crippen LogP contribution in [0.4, 0.5) is 4.79 Å². The van der Waals surface area contributed by atoms with E-state index in [1.807, 2.05) is 55.6 Å². The van der Waals surface area contributed by atoms with Gasteiger partial charge >= 0.3 is 12.1 Å². The van der Waals surface area contributed by atoms with Gasteiger partial charge in [-0.1, -0.05) is 66.7 Å². The quantitative estimate of drug-likeness (QED) is 0.0600. The average Bonchev–Trinajstić information content (AvgIpc) is 3.77. The number of nitrogens with one attached hydrogen (secondary N) is 3.